The van der Waals surface area contributed by atoms with Crippen LogP contribution < -0.4 is 5.32 Å². The maximum absolute atomic E-state index is 5.62. The summed E-state index contributed by atoms with van der Waals surface area (Å²) in [6.45, 7) is 2.67. The molecule has 1 aromatic carbocycles. The SMILES string of the molecule is Sc1cccc(COC2CNC2)c1. The summed E-state index contributed by atoms with van der Waals surface area (Å²) in [4.78, 5) is 0.993. The topological polar surface area (TPSA) is 21.3 Å². The molecule has 3 heteroatoms. The summed E-state index contributed by atoms with van der Waals surface area (Å²) < 4.78 is 5.62. The van der Waals surface area contributed by atoms with E-state index in [4.69, 9.17) is 4.74 Å². The molecule has 13 heavy (non-hydrogen) atoms. The van der Waals surface area contributed by atoms with Gasteiger partial charge in [0.1, 0.15) is 0 Å². The van der Waals surface area contributed by atoms with Gasteiger partial charge in [-0.25, -0.2) is 0 Å². The normalized spacial score (nSPS) is 17.0. The molecule has 1 aliphatic rings. The smallest absolute Gasteiger partial charge is 0.0828 e. The van der Waals surface area contributed by atoms with Crippen LogP contribution in [0.3, 0.4) is 0 Å². The molecule has 0 saturated carbocycles. The summed E-state index contributed by atoms with van der Waals surface area (Å²) in [6.07, 6.45) is 0.406. The first-order valence-corrected chi connectivity index (χ1v) is 4.89. The number of ether oxygens (including phenoxy) is 1. The van der Waals surface area contributed by atoms with Gasteiger partial charge in [-0.15, -0.1) is 12.6 Å². The van der Waals surface area contributed by atoms with Crippen LogP contribution >= 0.6 is 12.6 Å². The van der Waals surface area contributed by atoms with Gasteiger partial charge in [-0.1, -0.05) is 12.1 Å². The Hall–Kier alpha value is -0.510. The van der Waals surface area contributed by atoms with Crippen molar-refractivity contribution >= 4 is 12.6 Å². The van der Waals surface area contributed by atoms with E-state index in [9.17, 15) is 0 Å². The lowest BCUT2D eigenvalue weighted by Gasteiger charge is -2.27. The molecule has 1 saturated heterocycles. The van der Waals surface area contributed by atoms with Crippen molar-refractivity contribution in [3.63, 3.8) is 0 Å². The quantitative estimate of drug-likeness (QED) is 0.713. The summed E-state index contributed by atoms with van der Waals surface area (Å²) in [7, 11) is 0. The van der Waals surface area contributed by atoms with E-state index in [-0.39, 0.29) is 0 Å². The first-order chi connectivity index (χ1) is 6.34. The molecule has 0 radical (unpaired) electrons. The van der Waals surface area contributed by atoms with Crippen molar-refractivity contribution < 1.29 is 4.74 Å². The fraction of sp³-hybridized carbons (Fsp3) is 0.400. The number of hydrogen-bond acceptors (Lipinski definition) is 3. The third kappa shape index (κ3) is 2.46. The molecule has 0 amide bonds. The minimum Gasteiger partial charge on any atom is -0.371 e. The van der Waals surface area contributed by atoms with Crippen molar-refractivity contribution in [2.75, 3.05) is 13.1 Å². The van der Waals surface area contributed by atoms with Crippen LogP contribution in [0.1, 0.15) is 5.56 Å². The number of nitrogens with one attached hydrogen (secondary N) is 1. The van der Waals surface area contributed by atoms with Crippen LogP contribution in [0, 0.1) is 0 Å². The van der Waals surface area contributed by atoms with Crippen LogP contribution in [0.4, 0.5) is 0 Å². The van der Waals surface area contributed by atoms with Gasteiger partial charge in [0.2, 0.25) is 0 Å². The Morgan fingerprint density at radius 1 is 1.46 bits per heavy atom. The van der Waals surface area contributed by atoms with E-state index >= 15 is 0 Å². The van der Waals surface area contributed by atoms with Gasteiger partial charge in [-0.3, -0.25) is 0 Å². The summed E-state index contributed by atoms with van der Waals surface area (Å²) in [5.74, 6) is 0. The number of rotatable bonds is 3. The number of hydrogen-bond donors (Lipinski definition) is 2. The second-order valence-corrected chi connectivity index (χ2v) is 3.78. The molecule has 1 heterocycles. The van der Waals surface area contributed by atoms with Crippen molar-refractivity contribution in [2.24, 2.45) is 0 Å². The van der Waals surface area contributed by atoms with E-state index < -0.39 is 0 Å². The lowest BCUT2D eigenvalue weighted by Crippen LogP contribution is -2.48. The van der Waals surface area contributed by atoms with Crippen LogP contribution in [0.2, 0.25) is 0 Å². The molecule has 1 N–H and O–H groups in total. The van der Waals surface area contributed by atoms with Crippen LogP contribution in [0.25, 0.3) is 0 Å². The van der Waals surface area contributed by atoms with Crippen LogP contribution in [-0.2, 0) is 11.3 Å². The fourth-order valence-corrected chi connectivity index (χ4v) is 1.49. The summed E-state index contributed by atoms with van der Waals surface area (Å²) >= 11 is 4.27. The molecule has 0 aliphatic carbocycles. The van der Waals surface area contributed by atoms with E-state index in [1.807, 2.05) is 18.2 Å². The Labute approximate surface area is 83.7 Å². The predicted molar refractivity (Wildman–Crippen MR) is 55.1 cm³/mol. The van der Waals surface area contributed by atoms with Crippen molar-refractivity contribution in [1.82, 2.24) is 5.32 Å². The maximum Gasteiger partial charge on any atom is 0.0828 e. The summed E-state index contributed by atoms with van der Waals surface area (Å²) in [6, 6.07) is 8.07. The highest BCUT2D eigenvalue weighted by Crippen LogP contribution is 2.11. The van der Waals surface area contributed by atoms with Gasteiger partial charge < -0.3 is 10.1 Å². The lowest BCUT2D eigenvalue weighted by molar-refractivity contribution is 0.00752. The minimum atomic E-state index is 0.406. The molecular weight excluding hydrogens is 182 g/mol. The highest BCUT2D eigenvalue weighted by atomic mass is 32.1. The predicted octanol–water partition coefficient (Wildman–Crippen LogP) is 1.46. The third-order valence-corrected chi connectivity index (χ3v) is 2.42. The molecule has 0 bridgehead atoms. The van der Waals surface area contributed by atoms with Crippen molar-refractivity contribution in [2.45, 2.75) is 17.6 Å². The highest BCUT2D eigenvalue weighted by Gasteiger charge is 2.16. The van der Waals surface area contributed by atoms with E-state index in [1.54, 1.807) is 0 Å². The average molecular weight is 195 g/mol. The highest BCUT2D eigenvalue weighted by molar-refractivity contribution is 7.80. The molecule has 0 unspecified atom stereocenters. The van der Waals surface area contributed by atoms with Crippen molar-refractivity contribution in [3.05, 3.63) is 29.8 Å². The van der Waals surface area contributed by atoms with E-state index in [2.05, 4.69) is 24.0 Å². The molecule has 0 spiro atoms. The summed E-state index contributed by atoms with van der Waals surface area (Å²) in [5.41, 5.74) is 1.19. The van der Waals surface area contributed by atoms with Crippen molar-refractivity contribution in [1.29, 1.82) is 0 Å². The van der Waals surface area contributed by atoms with Gasteiger partial charge in [-0.05, 0) is 17.7 Å². The fourth-order valence-electron chi connectivity index (χ4n) is 1.24. The van der Waals surface area contributed by atoms with E-state index in [0.717, 1.165) is 18.0 Å². The Bertz CT molecular complexity index is 286. The molecule has 2 rings (SSSR count). The van der Waals surface area contributed by atoms with Crippen LogP contribution in [0.15, 0.2) is 29.2 Å². The second-order valence-electron chi connectivity index (χ2n) is 3.26. The lowest BCUT2D eigenvalue weighted by atomic mass is 10.2. The zero-order chi connectivity index (χ0) is 9.10. The van der Waals surface area contributed by atoms with E-state index in [1.165, 1.54) is 5.56 Å². The Kier molecular flexibility index (Phi) is 2.88. The second kappa shape index (κ2) is 4.13. The van der Waals surface area contributed by atoms with Gasteiger partial charge in [0.05, 0.1) is 12.7 Å². The van der Waals surface area contributed by atoms with Gasteiger partial charge in [0, 0.05) is 18.0 Å². The monoisotopic (exact) mass is 195 g/mol. The number of thiol groups is 1. The molecule has 1 fully saturated rings. The molecular formula is C10H13NOS. The minimum absolute atomic E-state index is 0.406. The first-order valence-electron chi connectivity index (χ1n) is 4.45. The van der Waals surface area contributed by atoms with Gasteiger partial charge in [0.15, 0.2) is 0 Å². The Morgan fingerprint density at radius 3 is 2.92 bits per heavy atom. The Balaban J connectivity index is 1.86. The first kappa shape index (κ1) is 9.06. The summed E-state index contributed by atoms with van der Waals surface area (Å²) in [5, 5.41) is 3.17. The molecule has 0 aromatic heterocycles. The van der Waals surface area contributed by atoms with Gasteiger partial charge >= 0.3 is 0 Å². The standard InChI is InChI=1S/C10H13NOS/c13-10-3-1-2-8(4-10)7-12-9-5-11-6-9/h1-4,9,11,13H,5-7H2. The van der Waals surface area contributed by atoms with Crippen LogP contribution in [-0.4, -0.2) is 19.2 Å². The third-order valence-electron chi connectivity index (χ3n) is 2.14. The molecule has 2 nitrogen and oxygen atoms in total. The van der Waals surface area contributed by atoms with Crippen molar-refractivity contribution in [3.8, 4) is 0 Å². The molecule has 70 valence electrons. The Morgan fingerprint density at radius 2 is 2.31 bits per heavy atom. The zero-order valence-corrected chi connectivity index (χ0v) is 8.26. The molecule has 1 aromatic rings. The van der Waals surface area contributed by atoms with Crippen LogP contribution in [0.5, 0.6) is 0 Å². The van der Waals surface area contributed by atoms with Gasteiger partial charge in [0.25, 0.3) is 0 Å². The average Bonchev–Trinajstić information content (AvgIpc) is 2.01. The number of benzene rings is 1. The van der Waals surface area contributed by atoms with Gasteiger partial charge in [-0.2, -0.15) is 0 Å². The molecule has 1 aliphatic heterocycles. The largest absolute Gasteiger partial charge is 0.371 e. The zero-order valence-electron chi connectivity index (χ0n) is 7.36. The molecule has 0 atom stereocenters. The van der Waals surface area contributed by atoms with E-state index in [0.29, 0.717) is 12.7 Å². The maximum atomic E-state index is 5.62.